The molecule has 0 saturated heterocycles. The highest BCUT2D eigenvalue weighted by molar-refractivity contribution is 6.18. The largest absolute Gasteiger partial charge is 0.339 e. The van der Waals surface area contributed by atoms with E-state index in [-0.39, 0.29) is 0 Å². The maximum absolute atomic E-state index is 12.2. The summed E-state index contributed by atoms with van der Waals surface area (Å²) < 4.78 is 0. The first-order valence-corrected chi connectivity index (χ1v) is 7.68. The van der Waals surface area contributed by atoms with Crippen LogP contribution in [0.2, 0.25) is 0 Å². The fourth-order valence-corrected chi connectivity index (χ4v) is 2.85. The molecule has 100 valence electrons. The van der Waals surface area contributed by atoms with E-state index in [1.165, 1.54) is 38.5 Å². The van der Waals surface area contributed by atoms with Crippen molar-refractivity contribution in [3.63, 3.8) is 0 Å². The quantitative estimate of drug-likeness (QED) is 0.501. The van der Waals surface area contributed by atoms with Gasteiger partial charge in [-0.25, -0.2) is 0 Å². The van der Waals surface area contributed by atoms with Crippen molar-refractivity contribution in [2.45, 2.75) is 70.8 Å². The fraction of sp³-hybridized carbons (Fsp3) is 0.929. The molecule has 0 unspecified atom stereocenters. The van der Waals surface area contributed by atoms with Gasteiger partial charge in [0.25, 0.3) is 0 Å². The molecular formula is C14H26ClNO. The van der Waals surface area contributed by atoms with Gasteiger partial charge in [-0.05, 0) is 19.3 Å². The second-order valence-corrected chi connectivity index (χ2v) is 5.40. The summed E-state index contributed by atoms with van der Waals surface area (Å²) in [7, 11) is 0. The minimum absolute atomic E-state index is 0.325. The number of nitrogens with zero attached hydrogens (tertiary/aromatic N) is 1. The summed E-state index contributed by atoms with van der Waals surface area (Å²) in [5.41, 5.74) is 0. The molecular weight excluding hydrogens is 234 g/mol. The van der Waals surface area contributed by atoms with E-state index >= 15 is 0 Å². The summed E-state index contributed by atoms with van der Waals surface area (Å²) >= 11 is 5.83. The highest BCUT2D eigenvalue weighted by atomic mass is 35.5. The minimum Gasteiger partial charge on any atom is -0.339 e. The predicted octanol–water partition coefficient (Wildman–Crippen LogP) is 3.97. The Hall–Kier alpha value is -0.240. The van der Waals surface area contributed by atoms with E-state index in [9.17, 15) is 4.79 Å². The lowest BCUT2D eigenvalue weighted by Gasteiger charge is -2.34. The summed E-state index contributed by atoms with van der Waals surface area (Å²) in [5.74, 6) is 0.890. The number of halogens is 1. The van der Waals surface area contributed by atoms with Gasteiger partial charge in [-0.15, -0.1) is 11.6 Å². The second kappa shape index (κ2) is 8.79. The summed E-state index contributed by atoms with van der Waals surface area (Å²) in [6, 6.07) is 0.469. The first kappa shape index (κ1) is 14.8. The Morgan fingerprint density at radius 2 is 1.94 bits per heavy atom. The highest BCUT2D eigenvalue weighted by Gasteiger charge is 2.24. The van der Waals surface area contributed by atoms with Gasteiger partial charge in [0, 0.05) is 24.9 Å². The second-order valence-electron chi connectivity index (χ2n) is 5.03. The SMILES string of the molecule is CCCCCC(=O)N(CCCl)C1CCCCC1. The first-order chi connectivity index (χ1) is 8.29. The molecule has 0 aromatic carbocycles. The monoisotopic (exact) mass is 259 g/mol. The zero-order chi connectivity index (χ0) is 12.5. The molecule has 1 rings (SSSR count). The van der Waals surface area contributed by atoms with E-state index < -0.39 is 0 Å². The van der Waals surface area contributed by atoms with E-state index in [1.807, 2.05) is 0 Å². The predicted molar refractivity (Wildman–Crippen MR) is 73.4 cm³/mol. The Morgan fingerprint density at radius 3 is 2.53 bits per heavy atom. The van der Waals surface area contributed by atoms with Crippen LogP contribution in [0.15, 0.2) is 0 Å². The molecule has 1 aliphatic rings. The van der Waals surface area contributed by atoms with Crippen molar-refractivity contribution in [1.82, 2.24) is 4.90 Å². The average molecular weight is 260 g/mol. The number of alkyl halides is 1. The lowest BCUT2D eigenvalue weighted by molar-refractivity contribution is -0.134. The van der Waals surface area contributed by atoms with Crippen LogP contribution in [0.3, 0.4) is 0 Å². The van der Waals surface area contributed by atoms with Gasteiger partial charge in [0.05, 0.1) is 0 Å². The van der Waals surface area contributed by atoms with Crippen molar-refractivity contribution < 1.29 is 4.79 Å². The molecule has 1 fully saturated rings. The summed E-state index contributed by atoms with van der Waals surface area (Å²) in [6.07, 6.45) is 10.3. The van der Waals surface area contributed by atoms with Crippen molar-refractivity contribution in [2.24, 2.45) is 0 Å². The zero-order valence-corrected chi connectivity index (χ0v) is 11.8. The third-order valence-corrected chi connectivity index (χ3v) is 3.82. The lowest BCUT2D eigenvalue weighted by Crippen LogP contribution is -2.42. The van der Waals surface area contributed by atoms with Crippen LogP contribution in [0.1, 0.15) is 64.7 Å². The molecule has 0 aromatic heterocycles. The van der Waals surface area contributed by atoms with Crippen molar-refractivity contribution in [3.05, 3.63) is 0 Å². The maximum Gasteiger partial charge on any atom is 0.222 e. The Kier molecular flexibility index (Phi) is 7.67. The molecule has 0 radical (unpaired) electrons. The van der Waals surface area contributed by atoms with Crippen LogP contribution in [-0.4, -0.2) is 29.3 Å². The van der Waals surface area contributed by atoms with Gasteiger partial charge >= 0.3 is 0 Å². The van der Waals surface area contributed by atoms with Gasteiger partial charge in [-0.3, -0.25) is 4.79 Å². The molecule has 0 N–H and O–H groups in total. The van der Waals surface area contributed by atoms with E-state index in [1.54, 1.807) is 0 Å². The molecule has 1 saturated carbocycles. The van der Waals surface area contributed by atoms with Crippen LogP contribution in [0.4, 0.5) is 0 Å². The molecule has 0 spiro atoms. The molecule has 1 amide bonds. The van der Waals surface area contributed by atoms with Crippen molar-refractivity contribution >= 4 is 17.5 Å². The molecule has 0 atom stereocenters. The topological polar surface area (TPSA) is 20.3 Å². The van der Waals surface area contributed by atoms with Gasteiger partial charge in [0.2, 0.25) is 5.91 Å². The summed E-state index contributed by atoms with van der Waals surface area (Å²) in [5, 5.41) is 0. The molecule has 2 nitrogen and oxygen atoms in total. The van der Waals surface area contributed by atoms with Crippen LogP contribution in [0.5, 0.6) is 0 Å². The average Bonchev–Trinajstić information content (AvgIpc) is 2.37. The van der Waals surface area contributed by atoms with E-state index in [0.29, 0.717) is 24.2 Å². The molecule has 1 aliphatic carbocycles. The van der Waals surface area contributed by atoms with Gasteiger partial charge in [-0.1, -0.05) is 39.0 Å². The maximum atomic E-state index is 12.2. The third-order valence-electron chi connectivity index (χ3n) is 3.66. The third kappa shape index (κ3) is 5.29. The number of carbonyl (C=O) groups excluding carboxylic acids is 1. The Morgan fingerprint density at radius 1 is 1.24 bits per heavy atom. The fourth-order valence-electron chi connectivity index (χ4n) is 2.66. The number of rotatable bonds is 7. The lowest BCUT2D eigenvalue weighted by atomic mass is 9.94. The van der Waals surface area contributed by atoms with Gasteiger partial charge in [-0.2, -0.15) is 0 Å². The van der Waals surface area contributed by atoms with Gasteiger partial charge < -0.3 is 4.90 Å². The molecule has 0 bridgehead atoms. The summed E-state index contributed by atoms with van der Waals surface area (Å²) in [6.45, 7) is 2.90. The number of unbranched alkanes of at least 4 members (excludes halogenated alkanes) is 2. The van der Waals surface area contributed by atoms with Crippen LogP contribution >= 0.6 is 11.6 Å². The van der Waals surface area contributed by atoms with E-state index in [0.717, 1.165) is 19.4 Å². The number of carbonyl (C=O) groups is 1. The van der Waals surface area contributed by atoms with E-state index in [4.69, 9.17) is 11.6 Å². The normalized spacial score (nSPS) is 17.1. The highest BCUT2D eigenvalue weighted by Crippen LogP contribution is 2.23. The standard InChI is InChI=1S/C14H26ClNO/c1-2-3-5-10-14(17)16(12-11-15)13-8-6-4-7-9-13/h13H,2-12H2,1H3. The summed E-state index contributed by atoms with van der Waals surface area (Å²) in [4.78, 5) is 14.2. The zero-order valence-electron chi connectivity index (χ0n) is 11.1. The minimum atomic E-state index is 0.325. The van der Waals surface area contributed by atoms with Crippen LogP contribution < -0.4 is 0 Å². The smallest absolute Gasteiger partial charge is 0.222 e. The van der Waals surface area contributed by atoms with Crippen molar-refractivity contribution in [2.75, 3.05) is 12.4 Å². The number of hydrogen-bond acceptors (Lipinski definition) is 1. The molecule has 3 heteroatoms. The Bertz CT molecular complexity index is 214. The number of amides is 1. The molecule has 17 heavy (non-hydrogen) atoms. The molecule has 0 aliphatic heterocycles. The van der Waals surface area contributed by atoms with Gasteiger partial charge in [0.15, 0.2) is 0 Å². The van der Waals surface area contributed by atoms with Crippen molar-refractivity contribution in [1.29, 1.82) is 0 Å². The first-order valence-electron chi connectivity index (χ1n) is 7.15. The molecule has 0 aromatic rings. The van der Waals surface area contributed by atoms with E-state index in [2.05, 4.69) is 11.8 Å². The molecule has 0 heterocycles. The Labute approximate surface area is 111 Å². The number of hydrogen-bond donors (Lipinski definition) is 0. The van der Waals surface area contributed by atoms with Crippen LogP contribution in [0, 0.1) is 0 Å². The Balaban J connectivity index is 2.42. The van der Waals surface area contributed by atoms with Crippen LogP contribution in [-0.2, 0) is 4.79 Å². The van der Waals surface area contributed by atoms with Gasteiger partial charge in [0.1, 0.15) is 0 Å². The van der Waals surface area contributed by atoms with Crippen LogP contribution in [0.25, 0.3) is 0 Å². The van der Waals surface area contributed by atoms with Crippen molar-refractivity contribution in [3.8, 4) is 0 Å².